The molecule has 0 atom stereocenters. The van der Waals surface area contributed by atoms with E-state index in [4.69, 9.17) is 10.5 Å². The summed E-state index contributed by atoms with van der Waals surface area (Å²) in [7, 11) is 0. The van der Waals surface area contributed by atoms with Crippen LogP contribution in [0.2, 0.25) is 0 Å². The summed E-state index contributed by atoms with van der Waals surface area (Å²) >= 11 is 1.11. The van der Waals surface area contributed by atoms with Crippen LogP contribution in [0.3, 0.4) is 0 Å². The van der Waals surface area contributed by atoms with Crippen molar-refractivity contribution in [3.05, 3.63) is 0 Å². The molecule has 0 unspecified atom stereocenters. The van der Waals surface area contributed by atoms with Crippen molar-refractivity contribution in [1.82, 2.24) is 0 Å². The Kier molecular flexibility index (Phi) is 10.2. The topological polar surface area (TPSA) is 56.4 Å². The maximum atomic E-state index is 7.96. The smallest absolute Gasteiger partial charge is 1.00 e. The van der Waals surface area contributed by atoms with Gasteiger partial charge in [-0.1, -0.05) is 16.9 Å². The Morgan fingerprint density at radius 2 is 2.50 bits per heavy atom. The van der Waals surface area contributed by atoms with Gasteiger partial charge in [0.25, 0.3) is 0 Å². The molecule has 0 bridgehead atoms. The Hall–Kier alpha value is 0.310. The van der Waals surface area contributed by atoms with E-state index in [9.17, 15) is 0 Å². The Balaban J connectivity index is -0.000000180. The third kappa shape index (κ3) is 4.47. The number of hydrogen-bond donors (Lipinski definition) is 1. The summed E-state index contributed by atoms with van der Waals surface area (Å²) in [5.41, 5.74) is 0. The van der Waals surface area contributed by atoms with E-state index in [1.54, 1.807) is 12.3 Å². The average molecular weight is 140 g/mol. The normalized spacial score (nSPS) is 9.25. The molecule has 0 amide bonds. The fourth-order valence-electron chi connectivity index (χ4n) is 0.109. The molecule has 0 aliphatic rings. The largest absolute Gasteiger partial charge is 1.00 e. The second-order valence-electron chi connectivity index (χ2n) is 0.721. The van der Waals surface area contributed by atoms with Gasteiger partial charge in [-0.05, 0) is 6.26 Å². The van der Waals surface area contributed by atoms with Crippen molar-refractivity contribution in [3.63, 3.8) is 0 Å². The zero-order valence-corrected chi connectivity index (χ0v) is 7.57. The SMILES string of the molecule is CSC(C#N)=NO.[H-].[Na+]. The Morgan fingerprint density at radius 3 is 2.50 bits per heavy atom. The Bertz CT molecular complexity index is 123. The van der Waals surface area contributed by atoms with Crippen LogP contribution in [0.1, 0.15) is 1.43 Å². The van der Waals surface area contributed by atoms with E-state index < -0.39 is 0 Å². The molecule has 0 aromatic carbocycles. The molecular weight excluding hydrogens is 135 g/mol. The van der Waals surface area contributed by atoms with E-state index >= 15 is 0 Å². The second kappa shape index (κ2) is 7.31. The van der Waals surface area contributed by atoms with Gasteiger partial charge >= 0.3 is 29.6 Å². The van der Waals surface area contributed by atoms with Gasteiger partial charge in [0, 0.05) is 0 Å². The first-order valence-corrected chi connectivity index (χ1v) is 2.73. The number of oxime groups is 1. The van der Waals surface area contributed by atoms with E-state index in [0.717, 1.165) is 11.8 Å². The van der Waals surface area contributed by atoms with Crippen LogP contribution in [-0.2, 0) is 0 Å². The molecule has 0 aromatic rings. The van der Waals surface area contributed by atoms with Gasteiger partial charge < -0.3 is 6.63 Å². The van der Waals surface area contributed by atoms with Crippen molar-refractivity contribution in [2.24, 2.45) is 5.16 Å². The van der Waals surface area contributed by atoms with Gasteiger partial charge in [0.2, 0.25) is 5.04 Å². The fraction of sp³-hybridized carbons (Fsp3) is 0.333. The molecule has 8 heavy (non-hydrogen) atoms. The van der Waals surface area contributed by atoms with E-state index in [2.05, 4.69) is 5.16 Å². The Labute approximate surface area is 75.5 Å². The number of thioether (sulfide) groups is 1. The molecule has 1 N–H and O–H groups in total. The maximum Gasteiger partial charge on any atom is 1.00 e. The third-order valence-corrected chi connectivity index (χ3v) is 0.939. The maximum absolute atomic E-state index is 7.96. The molecular formula is C3H5N2NaOS. The number of rotatable bonds is 0. The predicted octanol–water partition coefficient (Wildman–Crippen LogP) is -2.22. The molecule has 0 heterocycles. The summed E-state index contributed by atoms with van der Waals surface area (Å²) in [5.74, 6) is 0. The Morgan fingerprint density at radius 1 is 2.00 bits per heavy atom. The minimum absolute atomic E-state index is 0. The van der Waals surface area contributed by atoms with Crippen molar-refractivity contribution in [2.45, 2.75) is 0 Å². The van der Waals surface area contributed by atoms with Crippen LogP contribution in [-0.4, -0.2) is 16.5 Å². The van der Waals surface area contributed by atoms with E-state index in [0.29, 0.717) is 0 Å². The van der Waals surface area contributed by atoms with E-state index in [1.807, 2.05) is 0 Å². The summed E-state index contributed by atoms with van der Waals surface area (Å²) in [6.07, 6.45) is 1.66. The van der Waals surface area contributed by atoms with Crippen molar-refractivity contribution in [2.75, 3.05) is 6.26 Å². The van der Waals surface area contributed by atoms with Crippen molar-refractivity contribution in [3.8, 4) is 6.07 Å². The van der Waals surface area contributed by atoms with Crippen molar-refractivity contribution < 1.29 is 36.2 Å². The minimum Gasteiger partial charge on any atom is -1.00 e. The molecule has 5 heteroatoms. The number of nitriles is 1. The molecule has 40 valence electrons. The van der Waals surface area contributed by atoms with Crippen molar-refractivity contribution >= 4 is 16.8 Å². The van der Waals surface area contributed by atoms with Gasteiger partial charge in [-0.3, -0.25) is 0 Å². The standard InChI is InChI=1S/C3H4N2OS.Na.H/c1-7-3(2-4)5-6;;/h6H,1H3;;/q;+1;-1. The van der Waals surface area contributed by atoms with Crippen LogP contribution in [0.4, 0.5) is 0 Å². The first-order chi connectivity index (χ1) is 3.35. The molecule has 0 rings (SSSR count). The van der Waals surface area contributed by atoms with Gasteiger partial charge in [-0.15, -0.1) is 0 Å². The molecule has 0 aromatic heterocycles. The molecule has 3 nitrogen and oxygen atoms in total. The van der Waals surface area contributed by atoms with Gasteiger partial charge in [-0.2, -0.15) is 5.26 Å². The van der Waals surface area contributed by atoms with Crippen LogP contribution >= 0.6 is 11.8 Å². The summed E-state index contributed by atoms with van der Waals surface area (Å²) < 4.78 is 0. The van der Waals surface area contributed by atoms with Gasteiger partial charge in [0.15, 0.2) is 0 Å². The fourth-order valence-corrected chi connectivity index (χ4v) is 0.282. The quantitative estimate of drug-likeness (QED) is 0.136. The number of nitrogens with zero attached hydrogens (tertiary/aromatic N) is 2. The first kappa shape index (κ1) is 11.2. The van der Waals surface area contributed by atoms with Gasteiger partial charge in [0.1, 0.15) is 6.07 Å². The van der Waals surface area contributed by atoms with Gasteiger partial charge in [-0.25, -0.2) is 0 Å². The molecule has 0 radical (unpaired) electrons. The van der Waals surface area contributed by atoms with Crippen molar-refractivity contribution in [1.29, 1.82) is 5.26 Å². The van der Waals surface area contributed by atoms with Gasteiger partial charge in [0.05, 0.1) is 0 Å². The minimum atomic E-state index is 0. The average Bonchev–Trinajstić information content (AvgIpc) is 1.72. The molecule has 0 saturated carbocycles. The summed E-state index contributed by atoms with van der Waals surface area (Å²) in [6.45, 7) is 0. The molecule has 0 aliphatic carbocycles. The molecule has 0 spiro atoms. The second-order valence-corrected chi connectivity index (χ2v) is 1.52. The van der Waals surface area contributed by atoms with Crippen LogP contribution in [0.25, 0.3) is 0 Å². The van der Waals surface area contributed by atoms with E-state index in [-0.39, 0.29) is 36.0 Å². The third-order valence-electron chi connectivity index (χ3n) is 0.380. The summed E-state index contributed by atoms with van der Waals surface area (Å²) in [4.78, 5) is 0. The molecule has 0 aliphatic heterocycles. The van der Waals surface area contributed by atoms with Crippen LogP contribution in [0, 0.1) is 11.3 Å². The van der Waals surface area contributed by atoms with E-state index in [1.165, 1.54) is 0 Å². The molecule has 0 fully saturated rings. The monoisotopic (exact) mass is 140 g/mol. The summed E-state index contributed by atoms with van der Waals surface area (Å²) in [5, 5.41) is 18.6. The zero-order valence-electron chi connectivity index (χ0n) is 5.75. The first-order valence-electron chi connectivity index (χ1n) is 1.51. The van der Waals surface area contributed by atoms with Crippen LogP contribution in [0.5, 0.6) is 0 Å². The molecule has 0 saturated heterocycles. The zero-order chi connectivity index (χ0) is 5.70. The van der Waals surface area contributed by atoms with Crippen LogP contribution in [0.15, 0.2) is 5.16 Å². The van der Waals surface area contributed by atoms with Crippen LogP contribution < -0.4 is 29.6 Å². The summed E-state index contributed by atoms with van der Waals surface area (Å²) in [6, 6.07) is 1.66. The number of hydrogen-bond acceptors (Lipinski definition) is 4. The predicted molar refractivity (Wildman–Crippen MR) is 29.5 cm³/mol.